The minimum atomic E-state index is -0.528. The summed E-state index contributed by atoms with van der Waals surface area (Å²) in [5.41, 5.74) is 4.42. The maximum atomic E-state index is 12.7. The maximum absolute atomic E-state index is 12.7. The third kappa shape index (κ3) is 15.9. The average molecular weight is 823 g/mol. The van der Waals surface area contributed by atoms with Crippen molar-refractivity contribution in [2.24, 2.45) is 9.98 Å². The van der Waals surface area contributed by atoms with Crippen molar-refractivity contribution in [2.75, 3.05) is 75.6 Å². The fraction of sp³-hybridized carbons (Fsp3) is 0.348. The molecule has 0 heterocycles. The largest absolute Gasteiger partial charge is 0.488 e. The molecular weight excluding hydrogens is 769 g/mol. The molecule has 4 aromatic rings. The minimum absolute atomic E-state index is 0.00574. The van der Waals surface area contributed by atoms with Crippen LogP contribution in [0.25, 0.3) is 0 Å². The third-order valence-electron chi connectivity index (χ3n) is 8.46. The van der Waals surface area contributed by atoms with Crippen LogP contribution in [-0.4, -0.2) is 102 Å². The van der Waals surface area contributed by atoms with Gasteiger partial charge in [0, 0.05) is 12.4 Å². The summed E-state index contributed by atoms with van der Waals surface area (Å²) < 4.78 is 33.6. The van der Waals surface area contributed by atoms with E-state index >= 15 is 0 Å². The molecule has 0 saturated carbocycles. The predicted molar refractivity (Wildman–Crippen MR) is 230 cm³/mol. The second kappa shape index (κ2) is 25.6. The molecule has 0 aliphatic rings. The summed E-state index contributed by atoms with van der Waals surface area (Å²) >= 11 is 0. The van der Waals surface area contributed by atoms with Crippen LogP contribution < -0.4 is 19.3 Å². The molecule has 4 aromatic carbocycles. The highest BCUT2D eigenvalue weighted by Gasteiger charge is 2.23. The molecule has 0 bridgehead atoms. The molecule has 0 spiro atoms. The molecule has 0 atom stereocenters. The average Bonchev–Trinajstić information content (AvgIpc) is 3.23. The van der Waals surface area contributed by atoms with Gasteiger partial charge < -0.3 is 38.2 Å². The quantitative estimate of drug-likeness (QED) is 0.0321. The number of nitrogens with zero attached hydrogens (tertiary/aromatic N) is 4. The van der Waals surface area contributed by atoms with E-state index in [0.29, 0.717) is 36.0 Å². The molecule has 318 valence electrons. The monoisotopic (exact) mass is 822 g/mol. The van der Waals surface area contributed by atoms with Crippen molar-refractivity contribution in [2.45, 2.75) is 40.8 Å². The zero-order valence-electron chi connectivity index (χ0n) is 34.7. The van der Waals surface area contributed by atoms with Crippen molar-refractivity contribution in [1.29, 1.82) is 0 Å². The van der Waals surface area contributed by atoms with E-state index in [1.807, 2.05) is 72.8 Å². The van der Waals surface area contributed by atoms with Gasteiger partial charge in [-0.15, -0.1) is 0 Å². The molecule has 0 N–H and O–H groups in total. The zero-order chi connectivity index (χ0) is 43.0. The summed E-state index contributed by atoms with van der Waals surface area (Å²) in [6, 6.07) is 30.3. The molecule has 0 aliphatic carbocycles. The molecule has 14 nitrogen and oxygen atoms in total. The number of rotatable bonds is 25. The molecule has 0 aliphatic heterocycles. The minimum Gasteiger partial charge on any atom is -0.488 e. The van der Waals surface area contributed by atoms with Crippen molar-refractivity contribution in [3.63, 3.8) is 0 Å². The van der Waals surface area contributed by atoms with E-state index < -0.39 is 23.9 Å². The lowest BCUT2D eigenvalue weighted by Crippen LogP contribution is -2.36. The van der Waals surface area contributed by atoms with Crippen molar-refractivity contribution in [1.82, 2.24) is 0 Å². The van der Waals surface area contributed by atoms with Crippen LogP contribution in [0.3, 0.4) is 0 Å². The lowest BCUT2D eigenvalue weighted by atomic mass is 10.1. The van der Waals surface area contributed by atoms with Crippen LogP contribution in [0.15, 0.2) is 107 Å². The summed E-state index contributed by atoms with van der Waals surface area (Å²) in [7, 11) is 0. The van der Waals surface area contributed by atoms with E-state index in [4.69, 9.17) is 28.4 Å². The number of hydrogen-bond donors (Lipinski definition) is 0. The van der Waals surface area contributed by atoms with Gasteiger partial charge in [0.1, 0.15) is 50.9 Å². The van der Waals surface area contributed by atoms with Crippen LogP contribution in [0, 0.1) is 0 Å². The van der Waals surface area contributed by atoms with Crippen LogP contribution in [0.5, 0.6) is 11.5 Å². The SMILES string of the molecule is CCOC(=O)CN(CC(=O)OCC)c1ccc(C=NCc2ccccc2)cc1OCCOc1cc(C=NCc2ccccc2)ccc1N(CC(=O)OCC)CC(=O)OCC. The fourth-order valence-electron chi connectivity index (χ4n) is 5.86. The number of esters is 4. The maximum Gasteiger partial charge on any atom is 0.325 e. The first-order chi connectivity index (χ1) is 29.2. The van der Waals surface area contributed by atoms with Crippen molar-refractivity contribution >= 4 is 47.7 Å². The molecular formula is C46H54N4O10. The second-order valence-electron chi connectivity index (χ2n) is 13.0. The normalized spacial score (nSPS) is 10.9. The Morgan fingerprint density at radius 3 is 1.13 bits per heavy atom. The molecule has 0 aromatic heterocycles. The van der Waals surface area contributed by atoms with Crippen LogP contribution in [-0.2, 0) is 51.2 Å². The van der Waals surface area contributed by atoms with Gasteiger partial charge in [0.25, 0.3) is 0 Å². The van der Waals surface area contributed by atoms with Gasteiger partial charge in [-0.3, -0.25) is 29.2 Å². The number of anilines is 2. The van der Waals surface area contributed by atoms with E-state index in [1.54, 1.807) is 64.4 Å². The van der Waals surface area contributed by atoms with Gasteiger partial charge in [0.15, 0.2) is 0 Å². The Bertz CT molecular complexity index is 1840. The molecule has 0 radical (unpaired) electrons. The van der Waals surface area contributed by atoms with E-state index in [0.717, 1.165) is 22.3 Å². The molecule has 60 heavy (non-hydrogen) atoms. The summed E-state index contributed by atoms with van der Waals surface area (Å²) in [6.45, 7) is 7.49. The van der Waals surface area contributed by atoms with Gasteiger partial charge in [0.05, 0.1) is 50.9 Å². The Balaban J connectivity index is 1.64. The molecule has 0 fully saturated rings. The fourth-order valence-corrected chi connectivity index (χ4v) is 5.86. The van der Waals surface area contributed by atoms with Gasteiger partial charge in [-0.1, -0.05) is 72.8 Å². The van der Waals surface area contributed by atoms with Crippen molar-refractivity contribution < 1.29 is 47.6 Å². The molecule has 0 saturated heterocycles. The van der Waals surface area contributed by atoms with E-state index in [-0.39, 0.29) is 65.8 Å². The lowest BCUT2D eigenvalue weighted by Gasteiger charge is -2.26. The van der Waals surface area contributed by atoms with E-state index in [2.05, 4.69) is 9.98 Å². The second-order valence-corrected chi connectivity index (χ2v) is 13.0. The van der Waals surface area contributed by atoms with Gasteiger partial charge >= 0.3 is 23.9 Å². The summed E-state index contributed by atoms with van der Waals surface area (Å²) in [5, 5.41) is 0. The van der Waals surface area contributed by atoms with E-state index in [1.165, 1.54) is 9.80 Å². The third-order valence-corrected chi connectivity index (χ3v) is 8.46. The molecule has 4 rings (SSSR count). The first-order valence-corrected chi connectivity index (χ1v) is 20.0. The number of benzene rings is 4. The first kappa shape index (κ1) is 46.0. The summed E-state index contributed by atoms with van der Waals surface area (Å²) in [4.78, 5) is 63.2. The Hall–Kier alpha value is -6.70. The standard InChI is InChI=1S/C46H54N4O10/c1-5-55-43(51)31-49(32-44(52)56-6-2)39-21-19-37(29-47-27-35-15-11-9-12-16-35)25-41(39)59-23-24-60-42-26-38(30-48-28-36-17-13-10-14-18-36)20-22-40(42)50(33-45(53)57-7-3)34-46(54)58-8-4/h9-22,25-26,29-30H,5-8,23-24,27-28,31-34H2,1-4H3. The number of hydrogen-bond acceptors (Lipinski definition) is 14. The molecule has 0 unspecified atom stereocenters. The van der Waals surface area contributed by atoms with Crippen LogP contribution in [0.2, 0.25) is 0 Å². The first-order valence-electron chi connectivity index (χ1n) is 20.0. The molecule has 14 heteroatoms. The smallest absolute Gasteiger partial charge is 0.325 e. The van der Waals surface area contributed by atoms with E-state index in [9.17, 15) is 19.2 Å². The predicted octanol–water partition coefficient (Wildman–Crippen LogP) is 6.25. The van der Waals surface area contributed by atoms with Gasteiger partial charge in [0.2, 0.25) is 0 Å². The lowest BCUT2D eigenvalue weighted by molar-refractivity contribution is -0.144. The van der Waals surface area contributed by atoms with Gasteiger partial charge in [-0.05, 0) is 74.2 Å². The highest BCUT2D eigenvalue weighted by atomic mass is 16.5. The van der Waals surface area contributed by atoms with Crippen LogP contribution >= 0.6 is 0 Å². The Morgan fingerprint density at radius 1 is 0.483 bits per heavy atom. The van der Waals surface area contributed by atoms with Crippen molar-refractivity contribution in [3.8, 4) is 11.5 Å². The number of ether oxygens (including phenoxy) is 6. The highest BCUT2D eigenvalue weighted by molar-refractivity contribution is 5.87. The van der Waals surface area contributed by atoms with Crippen LogP contribution in [0.1, 0.15) is 49.9 Å². The van der Waals surface area contributed by atoms with Gasteiger partial charge in [-0.2, -0.15) is 0 Å². The van der Waals surface area contributed by atoms with Crippen molar-refractivity contribution in [3.05, 3.63) is 119 Å². The Labute approximate surface area is 351 Å². The Morgan fingerprint density at radius 2 is 0.817 bits per heavy atom. The Kier molecular flexibility index (Phi) is 19.6. The topological polar surface area (TPSA) is 155 Å². The summed E-state index contributed by atoms with van der Waals surface area (Å²) in [5.74, 6) is -1.41. The van der Waals surface area contributed by atoms with Crippen LogP contribution in [0.4, 0.5) is 11.4 Å². The van der Waals surface area contributed by atoms with Gasteiger partial charge in [-0.25, -0.2) is 0 Å². The number of aliphatic imine (C=N–C) groups is 2. The number of carbonyl (C=O) groups is 4. The number of carbonyl (C=O) groups excluding carboxylic acids is 4. The molecule has 0 amide bonds. The summed E-state index contributed by atoms with van der Waals surface area (Å²) in [6.07, 6.45) is 3.44. The highest BCUT2D eigenvalue weighted by Crippen LogP contribution is 2.32. The zero-order valence-corrected chi connectivity index (χ0v) is 34.7.